The predicted molar refractivity (Wildman–Crippen MR) is 127 cm³/mol. The number of fused-ring (bicyclic) bond motifs is 1. The maximum atomic E-state index is 13.2. The number of para-hydroxylation sites is 1. The van der Waals surface area contributed by atoms with Gasteiger partial charge in [0.25, 0.3) is 0 Å². The lowest BCUT2D eigenvalue weighted by molar-refractivity contribution is -0.275. The molecular formula is C27H31F3N4O2. The first kappa shape index (κ1) is 23.7. The lowest BCUT2D eigenvalue weighted by atomic mass is 9.49. The van der Waals surface area contributed by atoms with E-state index in [1.807, 2.05) is 4.90 Å². The van der Waals surface area contributed by atoms with Crippen LogP contribution in [-0.2, 0) is 24.3 Å². The van der Waals surface area contributed by atoms with Crippen LogP contribution < -0.4 is 10.1 Å². The number of anilines is 1. The van der Waals surface area contributed by atoms with Crippen LogP contribution in [0.4, 0.5) is 19.0 Å². The number of halogens is 3. The van der Waals surface area contributed by atoms with Gasteiger partial charge in [-0.3, -0.25) is 9.69 Å². The van der Waals surface area contributed by atoms with Crippen molar-refractivity contribution in [3.63, 3.8) is 0 Å². The maximum absolute atomic E-state index is 13.2. The van der Waals surface area contributed by atoms with E-state index >= 15 is 0 Å². The molecule has 0 atom stereocenters. The van der Waals surface area contributed by atoms with Crippen LogP contribution in [0.3, 0.4) is 0 Å². The Kier molecular flexibility index (Phi) is 5.93. The van der Waals surface area contributed by atoms with Crippen LogP contribution in [0, 0.1) is 23.2 Å². The molecule has 6 nitrogen and oxygen atoms in total. The molecule has 4 bridgehead atoms. The second kappa shape index (κ2) is 9.01. The zero-order valence-electron chi connectivity index (χ0n) is 20.2. The summed E-state index contributed by atoms with van der Waals surface area (Å²) in [4.78, 5) is 24.0. The summed E-state index contributed by atoms with van der Waals surface area (Å²) in [5.74, 6) is 2.83. The molecule has 7 rings (SSSR count). The summed E-state index contributed by atoms with van der Waals surface area (Å²) >= 11 is 0. The fourth-order valence-corrected chi connectivity index (χ4v) is 7.77. The van der Waals surface area contributed by atoms with E-state index in [-0.39, 0.29) is 17.1 Å². The van der Waals surface area contributed by atoms with E-state index < -0.39 is 6.36 Å². The Bertz CT molecular complexity index is 1120. The van der Waals surface area contributed by atoms with Crippen molar-refractivity contribution < 1.29 is 22.7 Å². The monoisotopic (exact) mass is 500 g/mol. The van der Waals surface area contributed by atoms with E-state index in [1.165, 1.54) is 57.0 Å². The van der Waals surface area contributed by atoms with Gasteiger partial charge in [-0.05, 0) is 74.2 Å². The van der Waals surface area contributed by atoms with Gasteiger partial charge in [0.15, 0.2) is 0 Å². The summed E-state index contributed by atoms with van der Waals surface area (Å²) < 4.78 is 42.6. The van der Waals surface area contributed by atoms with Gasteiger partial charge in [-0.2, -0.15) is 0 Å². The third-order valence-corrected chi connectivity index (χ3v) is 8.64. The number of aromatic nitrogens is 2. The Labute approximate surface area is 208 Å². The minimum absolute atomic E-state index is 0.0403. The highest BCUT2D eigenvalue weighted by Crippen LogP contribution is 2.61. The van der Waals surface area contributed by atoms with E-state index in [1.54, 1.807) is 12.1 Å². The third kappa shape index (κ3) is 4.94. The number of nitrogens with one attached hydrogen (secondary N) is 1. The van der Waals surface area contributed by atoms with Crippen molar-refractivity contribution in [3.8, 4) is 5.75 Å². The van der Waals surface area contributed by atoms with Crippen LogP contribution in [0.25, 0.3) is 0 Å². The Hall–Kier alpha value is -2.68. The van der Waals surface area contributed by atoms with Gasteiger partial charge in [0.1, 0.15) is 17.9 Å². The van der Waals surface area contributed by atoms with Crippen molar-refractivity contribution in [2.24, 2.45) is 23.2 Å². The molecule has 1 N–H and O–H groups in total. The number of hydrogen-bond donors (Lipinski definition) is 1. The summed E-state index contributed by atoms with van der Waals surface area (Å²) in [6.07, 6.45) is 5.51. The highest BCUT2D eigenvalue weighted by molar-refractivity contribution is 5.91. The molecule has 0 radical (unpaired) electrons. The van der Waals surface area contributed by atoms with Gasteiger partial charge in [0, 0.05) is 37.2 Å². The minimum Gasteiger partial charge on any atom is -0.405 e. The SMILES string of the molecule is O=C(CC12CC3CC(CC(C3)C1)C2)Nc1ncnc2c1CCN(Cc1ccccc1OC(F)(F)F)C2. The average molecular weight is 501 g/mol. The Morgan fingerprint density at radius 2 is 1.78 bits per heavy atom. The molecule has 0 saturated heterocycles. The molecule has 1 aromatic heterocycles. The van der Waals surface area contributed by atoms with Crippen LogP contribution in [0.1, 0.15) is 61.8 Å². The van der Waals surface area contributed by atoms with Crippen molar-refractivity contribution in [1.29, 1.82) is 0 Å². The van der Waals surface area contributed by atoms with E-state index in [9.17, 15) is 18.0 Å². The molecule has 1 aromatic carbocycles. The Balaban J connectivity index is 1.12. The summed E-state index contributed by atoms with van der Waals surface area (Å²) in [5.41, 5.74) is 2.36. The summed E-state index contributed by atoms with van der Waals surface area (Å²) in [7, 11) is 0. The fourth-order valence-electron chi connectivity index (χ4n) is 7.77. The molecule has 1 amide bonds. The number of alkyl halides is 3. The number of hydrogen-bond acceptors (Lipinski definition) is 5. The molecule has 9 heteroatoms. The normalized spacial score (nSPS) is 29.1. The predicted octanol–water partition coefficient (Wildman–Crippen LogP) is 5.48. The Morgan fingerprint density at radius 1 is 1.08 bits per heavy atom. The van der Waals surface area contributed by atoms with E-state index in [0.717, 1.165) is 29.0 Å². The lowest BCUT2D eigenvalue weighted by Crippen LogP contribution is -2.47. The topological polar surface area (TPSA) is 67.4 Å². The standard InChI is InChI=1S/C27H31F3N4O2/c28-27(29,30)36-23-4-2-1-3-20(23)14-34-6-5-21-22(15-34)31-16-32-25(21)33-24(35)13-26-10-17-7-18(11-26)9-19(8-17)12-26/h1-4,16-19H,5-15H2,(H,31,32,33,35). The number of benzene rings is 1. The molecule has 1 aliphatic heterocycles. The van der Waals surface area contributed by atoms with Crippen LogP contribution in [0.2, 0.25) is 0 Å². The molecular weight excluding hydrogens is 469 g/mol. The van der Waals surface area contributed by atoms with E-state index in [4.69, 9.17) is 0 Å². The molecule has 4 aliphatic carbocycles. The molecule has 2 aromatic rings. The first-order valence-electron chi connectivity index (χ1n) is 12.9. The third-order valence-electron chi connectivity index (χ3n) is 8.64. The first-order chi connectivity index (χ1) is 17.2. The van der Waals surface area contributed by atoms with Gasteiger partial charge in [-0.15, -0.1) is 13.2 Å². The van der Waals surface area contributed by atoms with Gasteiger partial charge in [-0.1, -0.05) is 18.2 Å². The molecule has 5 aliphatic rings. The van der Waals surface area contributed by atoms with E-state index in [2.05, 4.69) is 20.0 Å². The fraction of sp³-hybridized carbons (Fsp3) is 0.593. The Morgan fingerprint density at radius 3 is 2.47 bits per heavy atom. The number of nitrogens with zero attached hydrogens (tertiary/aromatic N) is 3. The molecule has 36 heavy (non-hydrogen) atoms. The number of carbonyl (C=O) groups excluding carboxylic acids is 1. The number of amides is 1. The van der Waals surface area contributed by atoms with Crippen LogP contribution in [0.5, 0.6) is 5.75 Å². The zero-order valence-corrected chi connectivity index (χ0v) is 20.2. The van der Waals surface area contributed by atoms with Crippen LogP contribution >= 0.6 is 0 Å². The summed E-state index contributed by atoms with van der Waals surface area (Å²) in [6.45, 7) is 1.40. The van der Waals surface area contributed by atoms with Crippen LogP contribution in [0.15, 0.2) is 30.6 Å². The quantitative estimate of drug-likeness (QED) is 0.569. The average Bonchev–Trinajstić information content (AvgIpc) is 2.78. The minimum atomic E-state index is -4.74. The smallest absolute Gasteiger partial charge is 0.405 e. The number of rotatable bonds is 6. The number of ether oxygens (including phenoxy) is 1. The molecule has 4 saturated carbocycles. The van der Waals surface area contributed by atoms with Crippen molar-refractivity contribution in [3.05, 3.63) is 47.4 Å². The van der Waals surface area contributed by atoms with Crippen molar-refractivity contribution in [2.75, 3.05) is 11.9 Å². The van der Waals surface area contributed by atoms with Gasteiger partial charge in [-0.25, -0.2) is 9.97 Å². The van der Waals surface area contributed by atoms with Crippen molar-refractivity contribution in [2.45, 2.75) is 70.8 Å². The highest BCUT2D eigenvalue weighted by Gasteiger charge is 2.51. The zero-order chi connectivity index (χ0) is 24.9. The molecule has 0 unspecified atom stereocenters. The second-order valence-corrected chi connectivity index (χ2v) is 11.4. The molecule has 4 fully saturated rings. The van der Waals surface area contributed by atoms with E-state index in [0.29, 0.717) is 43.9 Å². The van der Waals surface area contributed by atoms with Gasteiger partial charge < -0.3 is 10.1 Å². The largest absolute Gasteiger partial charge is 0.573 e. The van der Waals surface area contributed by atoms with Crippen molar-refractivity contribution >= 4 is 11.7 Å². The van der Waals surface area contributed by atoms with Gasteiger partial charge in [0.2, 0.25) is 5.91 Å². The number of carbonyl (C=O) groups is 1. The second-order valence-electron chi connectivity index (χ2n) is 11.4. The van der Waals surface area contributed by atoms with Gasteiger partial charge >= 0.3 is 6.36 Å². The molecule has 0 spiro atoms. The summed E-state index contributed by atoms with van der Waals surface area (Å²) in [6, 6.07) is 6.21. The van der Waals surface area contributed by atoms with Crippen LogP contribution in [-0.4, -0.2) is 33.7 Å². The van der Waals surface area contributed by atoms with Gasteiger partial charge in [0.05, 0.1) is 5.69 Å². The van der Waals surface area contributed by atoms with Crippen molar-refractivity contribution in [1.82, 2.24) is 14.9 Å². The summed E-state index contributed by atoms with van der Waals surface area (Å²) in [5, 5.41) is 3.09. The maximum Gasteiger partial charge on any atom is 0.573 e. The molecule has 192 valence electrons. The lowest BCUT2D eigenvalue weighted by Gasteiger charge is -2.56. The first-order valence-corrected chi connectivity index (χ1v) is 12.9. The highest BCUT2D eigenvalue weighted by atomic mass is 19.4. The molecule has 2 heterocycles.